The summed E-state index contributed by atoms with van der Waals surface area (Å²) in [7, 11) is 0. The molecular weight excluding hydrogens is 186 g/mol. The molecule has 0 unspecified atom stereocenters. The highest BCUT2D eigenvalue weighted by Crippen LogP contribution is 2.49. The first kappa shape index (κ1) is 8.69. The molecule has 1 heterocycles. The van der Waals surface area contributed by atoms with E-state index in [0.29, 0.717) is 6.61 Å². The van der Waals surface area contributed by atoms with Crippen LogP contribution in [0.1, 0.15) is 24.8 Å². The van der Waals surface area contributed by atoms with E-state index >= 15 is 0 Å². The van der Waals surface area contributed by atoms with E-state index in [-0.39, 0.29) is 11.4 Å². The Morgan fingerprint density at radius 1 is 1.77 bits per heavy atom. The van der Waals surface area contributed by atoms with Crippen LogP contribution in [0.2, 0.25) is 0 Å². The summed E-state index contributed by atoms with van der Waals surface area (Å²) in [4.78, 5) is 15.7. The van der Waals surface area contributed by atoms with E-state index in [2.05, 4.69) is 4.98 Å². The lowest BCUT2D eigenvalue weighted by Crippen LogP contribution is -2.22. The van der Waals surface area contributed by atoms with Crippen LogP contribution >= 0.6 is 11.3 Å². The summed E-state index contributed by atoms with van der Waals surface area (Å²) >= 11 is 1.53. The van der Waals surface area contributed by atoms with Crippen LogP contribution < -0.4 is 0 Å². The Labute approximate surface area is 80.8 Å². The quantitative estimate of drug-likeness (QED) is 0.693. The highest BCUT2D eigenvalue weighted by Gasteiger charge is 2.54. The molecule has 0 radical (unpaired) electrons. The number of aromatic nitrogens is 1. The summed E-state index contributed by atoms with van der Waals surface area (Å²) < 4.78 is 5.02. The van der Waals surface area contributed by atoms with Gasteiger partial charge in [0.05, 0.1) is 6.61 Å². The zero-order chi connectivity index (χ0) is 9.31. The van der Waals surface area contributed by atoms with E-state index in [1.54, 1.807) is 6.20 Å². The van der Waals surface area contributed by atoms with E-state index in [9.17, 15) is 4.79 Å². The van der Waals surface area contributed by atoms with Crippen LogP contribution in [0.5, 0.6) is 0 Å². The molecule has 1 aliphatic rings. The number of esters is 1. The molecule has 13 heavy (non-hydrogen) atoms. The zero-order valence-corrected chi connectivity index (χ0v) is 8.26. The number of nitrogens with zero attached hydrogens (tertiary/aromatic N) is 1. The maximum atomic E-state index is 11.6. The Kier molecular flexibility index (Phi) is 2.07. The summed E-state index contributed by atoms with van der Waals surface area (Å²) in [6.07, 6.45) is 3.51. The van der Waals surface area contributed by atoms with Crippen LogP contribution in [0.15, 0.2) is 11.6 Å². The second-order valence-corrected chi connectivity index (χ2v) is 4.03. The van der Waals surface area contributed by atoms with Gasteiger partial charge in [-0.15, -0.1) is 11.3 Å². The van der Waals surface area contributed by atoms with Gasteiger partial charge in [0, 0.05) is 11.6 Å². The summed E-state index contributed by atoms with van der Waals surface area (Å²) in [6.45, 7) is 2.28. The molecule has 4 heteroatoms. The number of carbonyl (C=O) groups excluding carboxylic acids is 1. The Morgan fingerprint density at radius 2 is 2.54 bits per heavy atom. The number of ether oxygens (including phenoxy) is 1. The normalized spacial score (nSPS) is 18.2. The van der Waals surface area contributed by atoms with Crippen molar-refractivity contribution in [2.45, 2.75) is 25.2 Å². The van der Waals surface area contributed by atoms with Crippen LogP contribution in [-0.2, 0) is 14.9 Å². The van der Waals surface area contributed by atoms with Gasteiger partial charge in [0.15, 0.2) is 0 Å². The van der Waals surface area contributed by atoms with Crippen LogP contribution in [0, 0.1) is 0 Å². The third-order valence-corrected chi connectivity index (χ3v) is 3.24. The van der Waals surface area contributed by atoms with Gasteiger partial charge < -0.3 is 4.74 Å². The molecule has 0 aromatic carbocycles. The summed E-state index contributed by atoms with van der Waals surface area (Å²) in [6, 6.07) is 0. The van der Waals surface area contributed by atoms with Gasteiger partial charge in [-0.25, -0.2) is 4.98 Å². The lowest BCUT2D eigenvalue weighted by Gasteiger charge is -2.09. The van der Waals surface area contributed by atoms with E-state index < -0.39 is 0 Å². The summed E-state index contributed by atoms with van der Waals surface area (Å²) in [5.41, 5.74) is -0.371. The van der Waals surface area contributed by atoms with Gasteiger partial charge in [-0.1, -0.05) is 0 Å². The fourth-order valence-corrected chi connectivity index (χ4v) is 2.24. The van der Waals surface area contributed by atoms with E-state index in [1.807, 2.05) is 12.3 Å². The van der Waals surface area contributed by atoms with E-state index in [1.165, 1.54) is 11.3 Å². The van der Waals surface area contributed by atoms with E-state index in [4.69, 9.17) is 4.74 Å². The van der Waals surface area contributed by atoms with Crippen LogP contribution in [0.25, 0.3) is 0 Å². The average Bonchev–Trinajstić information content (AvgIpc) is 2.76. The predicted octanol–water partition coefficient (Wildman–Crippen LogP) is 1.74. The number of carbonyl (C=O) groups is 1. The highest BCUT2D eigenvalue weighted by atomic mass is 32.1. The molecule has 1 aromatic heterocycles. The van der Waals surface area contributed by atoms with Gasteiger partial charge in [-0.2, -0.15) is 0 Å². The molecule has 0 aliphatic heterocycles. The van der Waals surface area contributed by atoms with E-state index in [0.717, 1.165) is 17.8 Å². The second kappa shape index (κ2) is 3.10. The largest absolute Gasteiger partial charge is 0.465 e. The van der Waals surface area contributed by atoms with Crippen molar-refractivity contribution in [1.29, 1.82) is 0 Å². The first-order chi connectivity index (χ1) is 6.29. The molecule has 1 aromatic rings. The van der Waals surface area contributed by atoms with Crippen molar-refractivity contribution in [2.24, 2.45) is 0 Å². The van der Waals surface area contributed by atoms with Crippen LogP contribution in [0.4, 0.5) is 0 Å². The minimum atomic E-state index is -0.371. The molecule has 1 fully saturated rings. The van der Waals surface area contributed by atoms with Gasteiger partial charge in [-0.3, -0.25) is 4.79 Å². The molecule has 0 saturated heterocycles. The Hall–Kier alpha value is -0.900. The smallest absolute Gasteiger partial charge is 0.319 e. The topological polar surface area (TPSA) is 39.2 Å². The Morgan fingerprint density at radius 3 is 3.00 bits per heavy atom. The number of hydrogen-bond donors (Lipinski definition) is 0. The first-order valence-electron chi connectivity index (χ1n) is 4.37. The molecule has 2 rings (SSSR count). The molecule has 1 saturated carbocycles. The van der Waals surface area contributed by atoms with Crippen molar-refractivity contribution in [1.82, 2.24) is 4.98 Å². The average molecular weight is 197 g/mol. The fraction of sp³-hybridized carbons (Fsp3) is 0.556. The molecule has 0 amide bonds. The maximum Gasteiger partial charge on any atom is 0.319 e. The third-order valence-electron chi connectivity index (χ3n) is 2.26. The van der Waals surface area contributed by atoms with Gasteiger partial charge in [0.2, 0.25) is 0 Å². The van der Waals surface area contributed by atoms with Gasteiger partial charge in [-0.05, 0) is 19.8 Å². The minimum Gasteiger partial charge on any atom is -0.465 e. The number of hydrogen-bond acceptors (Lipinski definition) is 4. The van der Waals surface area contributed by atoms with Gasteiger partial charge in [0.1, 0.15) is 10.4 Å². The molecule has 0 spiro atoms. The molecule has 0 bridgehead atoms. The number of rotatable bonds is 3. The van der Waals surface area contributed by atoms with Crippen molar-refractivity contribution < 1.29 is 9.53 Å². The molecule has 3 nitrogen and oxygen atoms in total. The molecule has 0 N–H and O–H groups in total. The SMILES string of the molecule is CCOC(=O)C1(c2nccs2)CC1. The second-order valence-electron chi connectivity index (χ2n) is 3.14. The monoisotopic (exact) mass is 197 g/mol. The van der Waals surface area contributed by atoms with Crippen molar-refractivity contribution in [2.75, 3.05) is 6.61 Å². The molecule has 0 atom stereocenters. The molecule has 70 valence electrons. The van der Waals surface area contributed by atoms with Crippen molar-refractivity contribution in [3.05, 3.63) is 16.6 Å². The standard InChI is InChI=1S/C9H11NO2S/c1-2-12-8(11)9(3-4-9)7-10-5-6-13-7/h5-6H,2-4H2,1H3. The lowest BCUT2D eigenvalue weighted by atomic mass is 10.1. The molecule has 1 aliphatic carbocycles. The van der Waals surface area contributed by atoms with Crippen LogP contribution in [-0.4, -0.2) is 17.6 Å². The van der Waals surface area contributed by atoms with Crippen LogP contribution in [0.3, 0.4) is 0 Å². The van der Waals surface area contributed by atoms with Crippen molar-refractivity contribution in [3.8, 4) is 0 Å². The predicted molar refractivity (Wildman–Crippen MR) is 49.7 cm³/mol. The maximum absolute atomic E-state index is 11.6. The Bertz CT molecular complexity index is 303. The first-order valence-corrected chi connectivity index (χ1v) is 5.25. The summed E-state index contributed by atoms with van der Waals surface area (Å²) in [5, 5.41) is 2.81. The highest BCUT2D eigenvalue weighted by molar-refractivity contribution is 7.09. The third kappa shape index (κ3) is 1.35. The van der Waals surface area contributed by atoms with Crippen molar-refractivity contribution in [3.63, 3.8) is 0 Å². The van der Waals surface area contributed by atoms with Crippen molar-refractivity contribution >= 4 is 17.3 Å². The van der Waals surface area contributed by atoms with Gasteiger partial charge >= 0.3 is 5.97 Å². The summed E-state index contributed by atoms with van der Waals surface area (Å²) in [5.74, 6) is -0.107. The molecular formula is C9H11NO2S. The minimum absolute atomic E-state index is 0.107. The van der Waals surface area contributed by atoms with Gasteiger partial charge in [0.25, 0.3) is 0 Å². The Balaban J connectivity index is 2.17. The lowest BCUT2D eigenvalue weighted by molar-refractivity contribution is -0.146. The fourth-order valence-electron chi connectivity index (χ4n) is 1.36. The number of thiazole rings is 1. The zero-order valence-electron chi connectivity index (χ0n) is 7.45.